The summed E-state index contributed by atoms with van der Waals surface area (Å²) in [6, 6.07) is 8.08. The molecule has 0 aliphatic heterocycles. The Morgan fingerprint density at radius 1 is 1.22 bits per heavy atom. The fraction of sp³-hybridized carbons (Fsp3) is 0.214. The number of allylic oxidation sites excluding steroid dienone is 4. The van der Waals surface area contributed by atoms with Crippen LogP contribution in [0, 0.1) is 0 Å². The summed E-state index contributed by atoms with van der Waals surface area (Å²) in [5.74, 6) is 0.896. The first-order valence-corrected chi connectivity index (χ1v) is 5.37. The summed E-state index contributed by atoms with van der Waals surface area (Å²) in [5, 5.41) is 13.9. The molecule has 4 heteroatoms. The molecule has 0 aromatic heterocycles. The maximum Gasteiger partial charge on any atom is 0.503 e. The minimum absolute atomic E-state index is 0.896. The van der Waals surface area contributed by atoms with Gasteiger partial charge in [-0.1, -0.05) is 30.4 Å². The Morgan fingerprint density at radius 3 is 2.11 bits per heavy atom. The van der Waals surface area contributed by atoms with Crippen LogP contribution in [0.1, 0.15) is 19.4 Å². The summed E-state index contributed by atoms with van der Waals surface area (Å²) in [7, 11) is 1.68. The molecule has 0 heterocycles. The first-order valence-electron chi connectivity index (χ1n) is 5.37. The van der Waals surface area contributed by atoms with E-state index in [9.17, 15) is 0 Å². The van der Waals surface area contributed by atoms with Crippen molar-refractivity contribution in [1.29, 1.82) is 0 Å². The van der Waals surface area contributed by atoms with E-state index in [0.717, 1.165) is 5.75 Å². The number of rotatable bonds is 3. The Hall–Kier alpha value is -2.23. The van der Waals surface area contributed by atoms with Gasteiger partial charge in [-0.25, -0.2) is 4.79 Å². The maximum absolute atomic E-state index is 8.56. The van der Waals surface area contributed by atoms with Crippen molar-refractivity contribution in [3.8, 4) is 5.75 Å². The van der Waals surface area contributed by atoms with Crippen LogP contribution in [0.5, 0.6) is 5.75 Å². The lowest BCUT2D eigenvalue weighted by molar-refractivity contribution is 0.137. The molecule has 1 aromatic carbocycles. The fourth-order valence-corrected chi connectivity index (χ4v) is 1.19. The van der Waals surface area contributed by atoms with E-state index in [4.69, 9.17) is 19.7 Å². The lowest BCUT2D eigenvalue weighted by atomic mass is 10.1. The minimum atomic E-state index is -1.83. The molecule has 0 saturated carbocycles. The average Bonchev–Trinajstić information content (AvgIpc) is 2.35. The molecule has 0 spiro atoms. The van der Waals surface area contributed by atoms with Gasteiger partial charge in [-0.3, -0.25) is 0 Å². The van der Waals surface area contributed by atoms with Crippen molar-refractivity contribution < 1.29 is 19.7 Å². The number of hydrogen-bond acceptors (Lipinski definition) is 2. The predicted molar refractivity (Wildman–Crippen MR) is 72.1 cm³/mol. The lowest BCUT2D eigenvalue weighted by Gasteiger charge is -2.02. The molecule has 0 aliphatic rings. The number of carbonyl (C=O) groups is 1. The van der Waals surface area contributed by atoms with Gasteiger partial charge >= 0.3 is 6.16 Å². The van der Waals surface area contributed by atoms with Crippen molar-refractivity contribution in [1.82, 2.24) is 0 Å². The second-order valence-electron chi connectivity index (χ2n) is 3.39. The van der Waals surface area contributed by atoms with E-state index in [1.807, 2.05) is 31.2 Å². The third-order valence-corrected chi connectivity index (χ3v) is 2.08. The van der Waals surface area contributed by atoms with Gasteiger partial charge < -0.3 is 14.9 Å². The molecule has 1 rings (SSSR count). The molecule has 0 saturated heterocycles. The molecule has 0 bridgehead atoms. The molecule has 0 unspecified atom stereocenters. The molecule has 2 N–H and O–H groups in total. The molecular weight excluding hydrogens is 232 g/mol. The van der Waals surface area contributed by atoms with Gasteiger partial charge in [0, 0.05) is 0 Å². The summed E-state index contributed by atoms with van der Waals surface area (Å²) in [6.45, 7) is 4.11. The van der Waals surface area contributed by atoms with E-state index >= 15 is 0 Å². The molecule has 18 heavy (non-hydrogen) atoms. The van der Waals surface area contributed by atoms with Crippen LogP contribution in [0.2, 0.25) is 0 Å². The zero-order chi connectivity index (χ0) is 14.0. The van der Waals surface area contributed by atoms with Crippen molar-refractivity contribution in [3.05, 3.63) is 48.1 Å². The predicted octanol–water partition coefficient (Wildman–Crippen LogP) is 3.90. The Balaban J connectivity index is 0.000000631. The van der Waals surface area contributed by atoms with E-state index in [1.54, 1.807) is 7.11 Å². The van der Waals surface area contributed by atoms with Gasteiger partial charge in [-0.15, -0.1) is 0 Å². The standard InChI is InChI=1S/C13H16O.CH2O3/c1-4-5-6-11(2)12-7-9-13(14-3)10-8-12;2-1(3)4/h4-10H,1-3H3;(H2,2,3,4)/b5-4+,11-6+;. The van der Waals surface area contributed by atoms with Crippen molar-refractivity contribution in [2.45, 2.75) is 13.8 Å². The van der Waals surface area contributed by atoms with Crippen LogP contribution in [0.15, 0.2) is 42.5 Å². The lowest BCUT2D eigenvalue weighted by Crippen LogP contribution is -1.83. The van der Waals surface area contributed by atoms with Gasteiger partial charge in [0.1, 0.15) is 5.75 Å². The van der Waals surface area contributed by atoms with E-state index in [0.29, 0.717) is 0 Å². The highest BCUT2D eigenvalue weighted by Crippen LogP contribution is 2.17. The number of benzene rings is 1. The molecular formula is C14H18O4. The zero-order valence-corrected chi connectivity index (χ0v) is 10.8. The summed E-state index contributed by atoms with van der Waals surface area (Å²) in [6.07, 6.45) is 4.33. The topological polar surface area (TPSA) is 66.8 Å². The highest BCUT2D eigenvalue weighted by Gasteiger charge is 1.94. The summed E-state index contributed by atoms with van der Waals surface area (Å²) < 4.78 is 5.10. The van der Waals surface area contributed by atoms with Crippen molar-refractivity contribution in [2.24, 2.45) is 0 Å². The third-order valence-electron chi connectivity index (χ3n) is 2.08. The number of hydrogen-bond donors (Lipinski definition) is 2. The van der Waals surface area contributed by atoms with Gasteiger partial charge in [0.25, 0.3) is 0 Å². The Kier molecular flexibility index (Phi) is 7.77. The molecule has 4 nitrogen and oxygen atoms in total. The largest absolute Gasteiger partial charge is 0.503 e. The highest BCUT2D eigenvalue weighted by molar-refractivity contribution is 5.65. The van der Waals surface area contributed by atoms with Gasteiger partial charge in [-0.05, 0) is 37.1 Å². The third kappa shape index (κ3) is 7.11. The first-order chi connectivity index (χ1) is 8.51. The average molecular weight is 250 g/mol. The van der Waals surface area contributed by atoms with E-state index < -0.39 is 6.16 Å². The smallest absolute Gasteiger partial charge is 0.497 e. The SMILES string of the molecule is C/C=C/C=C(\C)c1ccc(OC)cc1.O=C(O)O. The Labute approximate surface area is 107 Å². The van der Waals surface area contributed by atoms with Crippen LogP contribution in [0.3, 0.4) is 0 Å². The quantitative estimate of drug-likeness (QED) is 0.798. The first kappa shape index (κ1) is 15.8. The van der Waals surface area contributed by atoms with Crippen LogP contribution < -0.4 is 4.74 Å². The van der Waals surface area contributed by atoms with Gasteiger partial charge in [-0.2, -0.15) is 0 Å². The van der Waals surface area contributed by atoms with Crippen LogP contribution in [0.4, 0.5) is 4.79 Å². The zero-order valence-electron chi connectivity index (χ0n) is 10.8. The minimum Gasteiger partial charge on any atom is -0.497 e. The van der Waals surface area contributed by atoms with Crippen LogP contribution >= 0.6 is 0 Å². The van der Waals surface area contributed by atoms with Gasteiger partial charge in [0.15, 0.2) is 0 Å². The van der Waals surface area contributed by atoms with Crippen LogP contribution in [-0.2, 0) is 0 Å². The molecule has 98 valence electrons. The second-order valence-corrected chi connectivity index (χ2v) is 3.39. The molecule has 0 aliphatic carbocycles. The summed E-state index contributed by atoms with van der Waals surface area (Å²) in [4.78, 5) is 8.56. The van der Waals surface area contributed by atoms with E-state index in [2.05, 4.69) is 25.1 Å². The van der Waals surface area contributed by atoms with E-state index in [1.165, 1.54) is 11.1 Å². The van der Waals surface area contributed by atoms with Crippen molar-refractivity contribution in [3.63, 3.8) is 0 Å². The Bertz CT molecular complexity index is 412. The van der Waals surface area contributed by atoms with Gasteiger partial charge in [0.2, 0.25) is 0 Å². The fourth-order valence-electron chi connectivity index (χ4n) is 1.19. The molecule has 0 fully saturated rings. The molecule has 1 aromatic rings. The normalized spacial score (nSPS) is 10.7. The monoisotopic (exact) mass is 250 g/mol. The molecule has 0 radical (unpaired) electrons. The highest BCUT2D eigenvalue weighted by atomic mass is 16.6. The van der Waals surface area contributed by atoms with Crippen LogP contribution in [-0.4, -0.2) is 23.5 Å². The summed E-state index contributed by atoms with van der Waals surface area (Å²) >= 11 is 0. The van der Waals surface area contributed by atoms with E-state index in [-0.39, 0.29) is 0 Å². The summed E-state index contributed by atoms with van der Waals surface area (Å²) in [5.41, 5.74) is 2.48. The second kappa shape index (κ2) is 8.87. The number of carboxylic acid groups (broad SMARTS) is 2. The molecule has 0 atom stereocenters. The number of methoxy groups -OCH3 is 1. The van der Waals surface area contributed by atoms with Crippen molar-refractivity contribution >= 4 is 11.7 Å². The maximum atomic E-state index is 8.56. The molecule has 0 amide bonds. The van der Waals surface area contributed by atoms with Gasteiger partial charge in [0.05, 0.1) is 7.11 Å². The Morgan fingerprint density at radius 2 is 1.72 bits per heavy atom. The van der Waals surface area contributed by atoms with Crippen LogP contribution in [0.25, 0.3) is 5.57 Å². The number of ether oxygens (including phenoxy) is 1. The van der Waals surface area contributed by atoms with Crippen molar-refractivity contribution in [2.75, 3.05) is 7.11 Å².